The van der Waals surface area contributed by atoms with Crippen LogP contribution in [0.1, 0.15) is 32.1 Å². The maximum absolute atomic E-state index is 5.51. The standard InChI is InChI=1S/C10H18N4S/c1-14(10-12-9(11)13-15-10)7-8-5-3-2-4-6-8/h8H,2-7H2,1H3,(H2,11,13). The van der Waals surface area contributed by atoms with Gasteiger partial charge in [-0.3, -0.25) is 0 Å². The summed E-state index contributed by atoms with van der Waals surface area (Å²) in [5.74, 6) is 1.22. The predicted octanol–water partition coefficient (Wildman–Crippen LogP) is 2.14. The Balaban J connectivity index is 1.88. The molecule has 0 aromatic carbocycles. The molecule has 0 atom stereocenters. The van der Waals surface area contributed by atoms with E-state index in [2.05, 4.69) is 21.3 Å². The second kappa shape index (κ2) is 4.79. The largest absolute Gasteiger partial charge is 0.367 e. The Bertz CT molecular complexity index is 306. The first kappa shape index (κ1) is 10.7. The molecule has 0 amide bonds. The minimum atomic E-state index is 0.394. The van der Waals surface area contributed by atoms with Gasteiger partial charge in [-0.25, -0.2) is 0 Å². The van der Waals surface area contributed by atoms with Gasteiger partial charge in [0.25, 0.3) is 0 Å². The van der Waals surface area contributed by atoms with Crippen molar-refractivity contribution in [1.82, 2.24) is 9.36 Å². The Hall–Kier alpha value is -0.840. The van der Waals surface area contributed by atoms with Crippen LogP contribution in [-0.4, -0.2) is 22.9 Å². The van der Waals surface area contributed by atoms with Gasteiger partial charge in [0, 0.05) is 25.1 Å². The van der Waals surface area contributed by atoms with Crippen molar-refractivity contribution >= 4 is 22.6 Å². The molecule has 15 heavy (non-hydrogen) atoms. The predicted molar refractivity (Wildman–Crippen MR) is 64.2 cm³/mol. The third-order valence-electron chi connectivity index (χ3n) is 3.01. The van der Waals surface area contributed by atoms with Crippen LogP contribution in [0.5, 0.6) is 0 Å². The Morgan fingerprint density at radius 2 is 2.13 bits per heavy atom. The minimum Gasteiger partial charge on any atom is -0.367 e. The zero-order valence-electron chi connectivity index (χ0n) is 9.15. The van der Waals surface area contributed by atoms with Crippen molar-refractivity contribution in [2.24, 2.45) is 5.92 Å². The summed E-state index contributed by atoms with van der Waals surface area (Å²) in [5.41, 5.74) is 5.51. The molecule has 1 heterocycles. The molecule has 0 saturated heterocycles. The molecule has 2 rings (SSSR count). The monoisotopic (exact) mass is 226 g/mol. The Morgan fingerprint density at radius 3 is 2.73 bits per heavy atom. The zero-order valence-corrected chi connectivity index (χ0v) is 9.96. The van der Waals surface area contributed by atoms with Crippen molar-refractivity contribution in [2.45, 2.75) is 32.1 Å². The van der Waals surface area contributed by atoms with Gasteiger partial charge in [0.05, 0.1) is 0 Å². The van der Waals surface area contributed by atoms with Crippen LogP contribution in [0.2, 0.25) is 0 Å². The fourth-order valence-corrected chi connectivity index (χ4v) is 2.78. The van der Waals surface area contributed by atoms with Gasteiger partial charge in [-0.15, -0.1) is 0 Å². The average molecular weight is 226 g/mol. The molecular formula is C10H18N4S. The van der Waals surface area contributed by atoms with Crippen molar-refractivity contribution in [2.75, 3.05) is 24.2 Å². The van der Waals surface area contributed by atoms with Crippen molar-refractivity contribution in [3.8, 4) is 0 Å². The van der Waals surface area contributed by atoms with Gasteiger partial charge in [0.1, 0.15) is 0 Å². The summed E-state index contributed by atoms with van der Waals surface area (Å²) in [6, 6.07) is 0. The summed E-state index contributed by atoms with van der Waals surface area (Å²) in [4.78, 5) is 6.37. The molecule has 0 bridgehead atoms. The lowest BCUT2D eigenvalue weighted by Crippen LogP contribution is -2.26. The molecule has 1 aromatic heterocycles. The van der Waals surface area contributed by atoms with E-state index in [1.54, 1.807) is 0 Å². The van der Waals surface area contributed by atoms with E-state index in [1.165, 1.54) is 43.6 Å². The van der Waals surface area contributed by atoms with E-state index in [1.807, 2.05) is 0 Å². The van der Waals surface area contributed by atoms with Crippen molar-refractivity contribution < 1.29 is 0 Å². The highest BCUT2D eigenvalue weighted by molar-refractivity contribution is 7.09. The molecule has 84 valence electrons. The van der Waals surface area contributed by atoms with Gasteiger partial charge in [-0.1, -0.05) is 19.3 Å². The van der Waals surface area contributed by atoms with Crippen LogP contribution < -0.4 is 10.6 Å². The summed E-state index contributed by atoms with van der Waals surface area (Å²) in [6.45, 7) is 1.09. The molecule has 4 nitrogen and oxygen atoms in total. The first-order valence-electron chi connectivity index (χ1n) is 5.56. The van der Waals surface area contributed by atoms with E-state index in [9.17, 15) is 0 Å². The summed E-state index contributed by atoms with van der Waals surface area (Å²) >= 11 is 1.39. The molecule has 5 heteroatoms. The highest BCUT2D eigenvalue weighted by Gasteiger charge is 2.17. The van der Waals surface area contributed by atoms with Crippen LogP contribution in [0, 0.1) is 5.92 Å². The fraction of sp³-hybridized carbons (Fsp3) is 0.800. The molecule has 0 unspecified atom stereocenters. The van der Waals surface area contributed by atoms with Crippen LogP contribution in [0.4, 0.5) is 11.1 Å². The van der Waals surface area contributed by atoms with E-state index in [0.29, 0.717) is 5.95 Å². The molecule has 1 saturated carbocycles. The Labute approximate surface area is 94.7 Å². The quantitative estimate of drug-likeness (QED) is 0.858. The second-order valence-electron chi connectivity index (χ2n) is 4.32. The lowest BCUT2D eigenvalue weighted by Gasteiger charge is -2.26. The molecule has 1 aliphatic carbocycles. The fourth-order valence-electron chi connectivity index (χ4n) is 2.22. The van der Waals surface area contributed by atoms with Crippen LogP contribution in [0.15, 0.2) is 0 Å². The zero-order chi connectivity index (χ0) is 10.7. The topological polar surface area (TPSA) is 55.0 Å². The first-order valence-corrected chi connectivity index (χ1v) is 6.33. The summed E-state index contributed by atoms with van der Waals surface area (Å²) in [7, 11) is 2.08. The normalized spacial score (nSPS) is 17.9. The van der Waals surface area contributed by atoms with Crippen molar-refractivity contribution in [3.63, 3.8) is 0 Å². The van der Waals surface area contributed by atoms with Crippen molar-refractivity contribution in [1.29, 1.82) is 0 Å². The van der Waals surface area contributed by atoms with Crippen LogP contribution in [0.3, 0.4) is 0 Å². The number of hydrogen-bond acceptors (Lipinski definition) is 5. The third kappa shape index (κ3) is 2.81. The van der Waals surface area contributed by atoms with Gasteiger partial charge >= 0.3 is 0 Å². The number of aromatic nitrogens is 2. The van der Waals surface area contributed by atoms with Gasteiger partial charge in [0.2, 0.25) is 11.1 Å². The number of anilines is 2. The molecular weight excluding hydrogens is 208 g/mol. The van der Waals surface area contributed by atoms with E-state index >= 15 is 0 Å². The molecule has 1 aliphatic rings. The number of rotatable bonds is 3. The first-order chi connectivity index (χ1) is 7.25. The van der Waals surface area contributed by atoms with Gasteiger partial charge in [-0.05, 0) is 18.8 Å². The smallest absolute Gasteiger partial charge is 0.233 e. The van der Waals surface area contributed by atoms with Crippen molar-refractivity contribution in [3.05, 3.63) is 0 Å². The lowest BCUT2D eigenvalue weighted by molar-refractivity contribution is 0.362. The van der Waals surface area contributed by atoms with E-state index in [-0.39, 0.29) is 0 Å². The Morgan fingerprint density at radius 1 is 1.40 bits per heavy atom. The molecule has 0 aliphatic heterocycles. The minimum absolute atomic E-state index is 0.394. The maximum atomic E-state index is 5.51. The highest BCUT2D eigenvalue weighted by Crippen LogP contribution is 2.26. The van der Waals surface area contributed by atoms with Crippen LogP contribution in [0.25, 0.3) is 0 Å². The lowest BCUT2D eigenvalue weighted by atomic mass is 9.89. The van der Waals surface area contributed by atoms with E-state index in [0.717, 1.165) is 17.6 Å². The maximum Gasteiger partial charge on any atom is 0.233 e. The molecule has 1 fully saturated rings. The third-order valence-corrected chi connectivity index (χ3v) is 3.86. The van der Waals surface area contributed by atoms with Gasteiger partial charge in [-0.2, -0.15) is 9.36 Å². The number of nitrogens with zero attached hydrogens (tertiary/aromatic N) is 3. The van der Waals surface area contributed by atoms with Gasteiger partial charge in [0.15, 0.2) is 0 Å². The molecule has 2 N–H and O–H groups in total. The molecule has 1 aromatic rings. The Kier molecular flexibility index (Phi) is 3.41. The average Bonchev–Trinajstić information content (AvgIpc) is 2.66. The molecule has 0 radical (unpaired) electrons. The molecule has 0 spiro atoms. The summed E-state index contributed by atoms with van der Waals surface area (Å²) < 4.78 is 4.00. The summed E-state index contributed by atoms with van der Waals surface area (Å²) in [6.07, 6.45) is 6.90. The van der Waals surface area contributed by atoms with Crippen LogP contribution in [-0.2, 0) is 0 Å². The SMILES string of the molecule is CN(CC1CCCCC1)c1nc(N)ns1. The number of hydrogen-bond donors (Lipinski definition) is 1. The van der Waals surface area contributed by atoms with E-state index in [4.69, 9.17) is 5.73 Å². The van der Waals surface area contributed by atoms with Gasteiger partial charge < -0.3 is 10.6 Å². The summed E-state index contributed by atoms with van der Waals surface area (Å²) in [5, 5.41) is 0.943. The van der Waals surface area contributed by atoms with E-state index < -0.39 is 0 Å². The number of nitrogen functional groups attached to an aromatic ring is 1. The number of nitrogens with two attached hydrogens (primary N) is 1. The van der Waals surface area contributed by atoms with Crippen LogP contribution >= 0.6 is 11.5 Å². The second-order valence-corrected chi connectivity index (χ2v) is 5.05. The highest BCUT2D eigenvalue weighted by atomic mass is 32.1.